The molecule has 1 aromatic heterocycles. The molecule has 0 saturated heterocycles. The summed E-state index contributed by atoms with van der Waals surface area (Å²) >= 11 is 0. The van der Waals surface area contributed by atoms with Crippen LogP contribution in [0, 0.1) is 23.5 Å². The second kappa shape index (κ2) is 13.6. The number of halogens is 7. The first-order chi connectivity index (χ1) is 21.3. The van der Waals surface area contributed by atoms with E-state index in [4.69, 9.17) is 10.6 Å². The predicted molar refractivity (Wildman–Crippen MR) is 149 cm³/mol. The molecule has 0 saturated carbocycles. The van der Waals surface area contributed by atoms with Crippen LogP contribution >= 0.6 is 0 Å². The van der Waals surface area contributed by atoms with Crippen molar-refractivity contribution in [2.75, 3.05) is 6.54 Å². The monoisotopic (exact) mass is 632 g/mol. The van der Waals surface area contributed by atoms with Gasteiger partial charge < -0.3 is 25.7 Å². The van der Waals surface area contributed by atoms with Crippen molar-refractivity contribution in [2.45, 2.75) is 24.5 Å². The van der Waals surface area contributed by atoms with Gasteiger partial charge in [-0.15, -0.1) is 13.2 Å². The fraction of sp³-hybridized carbons (Fsp3) is 0.161. The molecule has 0 amide bonds. The molecule has 0 bridgehead atoms. The Kier molecular flexibility index (Phi) is 9.83. The zero-order valence-corrected chi connectivity index (χ0v) is 23.0. The van der Waals surface area contributed by atoms with Crippen molar-refractivity contribution < 1.29 is 45.3 Å². The summed E-state index contributed by atoms with van der Waals surface area (Å²) in [5, 5.41) is 16.4. The number of hydrogen-bond acceptors (Lipinski definition) is 6. The average Bonchev–Trinajstić information content (AvgIpc) is 2.99. The topological polar surface area (TPSA) is 102 Å². The van der Waals surface area contributed by atoms with Gasteiger partial charge in [-0.25, -0.2) is 8.78 Å². The summed E-state index contributed by atoms with van der Waals surface area (Å²) in [6.07, 6.45) is -2.95. The van der Waals surface area contributed by atoms with Gasteiger partial charge in [-0.1, -0.05) is 24.0 Å². The van der Waals surface area contributed by atoms with Crippen molar-refractivity contribution in [1.29, 1.82) is 0 Å². The Hall–Kier alpha value is -5.29. The number of nitrogens with two attached hydrogens (primary N) is 1. The number of nitrogens with zero attached hydrogens (tertiary/aromatic N) is 2. The van der Waals surface area contributed by atoms with Crippen LogP contribution < -0.4 is 20.6 Å². The van der Waals surface area contributed by atoms with Crippen LogP contribution in [0.15, 0.2) is 90.2 Å². The van der Waals surface area contributed by atoms with E-state index in [0.29, 0.717) is 29.0 Å². The third-order valence-electron chi connectivity index (χ3n) is 6.25. The van der Waals surface area contributed by atoms with E-state index in [2.05, 4.69) is 32.0 Å². The minimum Gasteiger partial charge on any atom is -0.489 e. The second-order valence-electron chi connectivity index (χ2n) is 9.41. The number of hydrogen-bond donors (Lipinski definition) is 3. The molecule has 14 heteroatoms. The van der Waals surface area contributed by atoms with Gasteiger partial charge in [-0.2, -0.15) is 13.9 Å². The SMILES string of the molecule is N/N=C\NCC(O)(c1ccc(F)cc1F)C(F)(F)c1ccc(C#Cc2ccc(OCc3cccc(OC(F)(F)F)c3)cc2)cn1. The quantitative estimate of drug-likeness (QED) is 0.0518. The van der Waals surface area contributed by atoms with Crippen LogP contribution in [0.1, 0.15) is 27.9 Å². The van der Waals surface area contributed by atoms with Gasteiger partial charge in [0.25, 0.3) is 0 Å². The minimum absolute atomic E-state index is 0.0255. The van der Waals surface area contributed by atoms with Crippen molar-refractivity contribution in [2.24, 2.45) is 10.9 Å². The molecule has 45 heavy (non-hydrogen) atoms. The highest BCUT2D eigenvalue weighted by Crippen LogP contribution is 2.45. The molecule has 3 aromatic carbocycles. The molecule has 1 heterocycles. The number of rotatable bonds is 10. The molecule has 0 aliphatic carbocycles. The minimum atomic E-state index is -4.81. The zero-order chi connectivity index (χ0) is 32.7. The lowest BCUT2D eigenvalue weighted by Gasteiger charge is -2.36. The first-order valence-corrected chi connectivity index (χ1v) is 12.9. The van der Waals surface area contributed by atoms with Gasteiger partial charge >= 0.3 is 12.3 Å². The van der Waals surface area contributed by atoms with Crippen LogP contribution in [-0.2, 0) is 18.1 Å². The summed E-state index contributed by atoms with van der Waals surface area (Å²) in [7, 11) is 0. The number of nitrogens with one attached hydrogen (secondary N) is 1. The maximum absolute atomic E-state index is 15.7. The van der Waals surface area contributed by atoms with Crippen LogP contribution in [0.3, 0.4) is 0 Å². The van der Waals surface area contributed by atoms with E-state index >= 15 is 8.78 Å². The number of aliphatic hydroxyl groups is 1. The first kappa shape index (κ1) is 32.6. The summed E-state index contributed by atoms with van der Waals surface area (Å²) in [6.45, 7) is -0.979. The van der Waals surface area contributed by atoms with Crippen LogP contribution in [0.4, 0.5) is 30.7 Å². The Bertz CT molecular complexity index is 1700. The van der Waals surface area contributed by atoms with Gasteiger partial charge in [0, 0.05) is 29.0 Å². The van der Waals surface area contributed by atoms with Crippen molar-refractivity contribution in [3.63, 3.8) is 0 Å². The van der Waals surface area contributed by atoms with Crippen LogP contribution in [0.2, 0.25) is 0 Å². The smallest absolute Gasteiger partial charge is 0.489 e. The van der Waals surface area contributed by atoms with Crippen molar-refractivity contribution in [3.05, 3.63) is 125 Å². The van der Waals surface area contributed by atoms with E-state index < -0.39 is 47.3 Å². The molecule has 1 atom stereocenters. The Morgan fingerprint density at radius 3 is 2.24 bits per heavy atom. The molecule has 0 aliphatic heterocycles. The number of alkyl halides is 5. The van der Waals surface area contributed by atoms with E-state index in [9.17, 15) is 27.1 Å². The Labute approximate surface area is 252 Å². The van der Waals surface area contributed by atoms with E-state index in [-0.39, 0.29) is 17.9 Å². The maximum Gasteiger partial charge on any atom is 0.573 e. The zero-order valence-electron chi connectivity index (χ0n) is 23.0. The van der Waals surface area contributed by atoms with E-state index in [1.165, 1.54) is 24.3 Å². The first-order valence-electron chi connectivity index (χ1n) is 12.9. The van der Waals surface area contributed by atoms with Crippen LogP contribution in [-0.4, -0.2) is 29.3 Å². The van der Waals surface area contributed by atoms with Gasteiger partial charge in [0.1, 0.15) is 41.8 Å². The normalized spacial score (nSPS) is 13.1. The molecule has 234 valence electrons. The number of aromatic nitrogens is 1. The maximum atomic E-state index is 15.7. The van der Waals surface area contributed by atoms with Gasteiger partial charge in [-0.3, -0.25) is 4.98 Å². The van der Waals surface area contributed by atoms with Gasteiger partial charge in [0.2, 0.25) is 0 Å². The molecule has 0 radical (unpaired) electrons. The molecule has 4 aromatic rings. The molecule has 0 spiro atoms. The second-order valence-corrected chi connectivity index (χ2v) is 9.41. The number of ether oxygens (including phenoxy) is 2. The third kappa shape index (κ3) is 8.21. The van der Waals surface area contributed by atoms with E-state index in [0.717, 1.165) is 24.7 Å². The number of benzene rings is 3. The molecular weight excluding hydrogens is 609 g/mol. The summed E-state index contributed by atoms with van der Waals surface area (Å²) in [5.41, 5.74) is -3.82. The Balaban J connectivity index is 1.45. The van der Waals surface area contributed by atoms with Crippen molar-refractivity contribution >= 4 is 6.34 Å². The van der Waals surface area contributed by atoms with Crippen molar-refractivity contribution in [3.8, 4) is 23.3 Å². The third-order valence-corrected chi connectivity index (χ3v) is 6.25. The number of hydrazone groups is 1. The lowest BCUT2D eigenvalue weighted by atomic mass is 9.84. The lowest BCUT2D eigenvalue weighted by molar-refractivity contribution is -0.274. The molecule has 4 N–H and O–H groups in total. The summed E-state index contributed by atoms with van der Waals surface area (Å²) in [4.78, 5) is 3.74. The molecule has 0 aliphatic rings. The van der Waals surface area contributed by atoms with Gasteiger partial charge in [0.05, 0.1) is 6.54 Å². The average molecular weight is 633 g/mol. The molecule has 7 nitrogen and oxygen atoms in total. The van der Waals surface area contributed by atoms with E-state index in [1.54, 1.807) is 30.3 Å². The van der Waals surface area contributed by atoms with Gasteiger partial charge in [-0.05, 0) is 66.2 Å². The molecule has 1 unspecified atom stereocenters. The highest BCUT2D eigenvalue weighted by Gasteiger charge is 2.57. The number of pyridine rings is 1. The highest BCUT2D eigenvalue weighted by atomic mass is 19.4. The molecule has 0 fully saturated rings. The van der Waals surface area contributed by atoms with Crippen LogP contribution in [0.25, 0.3) is 0 Å². The lowest BCUT2D eigenvalue weighted by Crippen LogP contribution is -2.51. The van der Waals surface area contributed by atoms with Crippen LogP contribution in [0.5, 0.6) is 11.5 Å². The molecular formula is C31H23F7N4O3. The molecule has 4 rings (SSSR count). The summed E-state index contributed by atoms with van der Waals surface area (Å²) in [6, 6.07) is 15.7. The Morgan fingerprint density at radius 2 is 1.60 bits per heavy atom. The largest absolute Gasteiger partial charge is 0.573 e. The predicted octanol–water partition coefficient (Wildman–Crippen LogP) is 5.71. The fourth-order valence-electron chi connectivity index (χ4n) is 4.09. The summed E-state index contributed by atoms with van der Waals surface area (Å²) < 4.78 is 106. The fourth-order valence-corrected chi connectivity index (χ4v) is 4.09. The summed E-state index contributed by atoms with van der Waals surface area (Å²) in [5.74, 6) is 3.99. The van der Waals surface area contributed by atoms with Gasteiger partial charge in [0.15, 0.2) is 5.60 Å². The highest BCUT2D eigenvalue weighted by molar-refractivity contribution is 5.54. The van der Waals surface area contributed by atoms with E-state index in [1.807, 2.05) is 0 Å². The Morgan fingerprint density at radius 1 is 0.889 bits per heavy atom. The van der Waals surface area contributed by atoms with Crippen molar-refractivity contribution in [1.82, 2.24) is 10.3 Å². The standard InChI is InChI=1S/C31H23F7N4O3/c32-23-9-12-26(27(33)15-23)29(43,18-40-19-42-39)30(34,35)28-13-8-21(16-41-28)5-4-20-6-10-24(11-7-20)44-17-22-2-1-3-25(14-22)45-31(36,37)38/h1-3,6-16,19,43H,17-18,39H2,(H,40,42).